The Hall–Kier alpha value is -2.34. The molecule has 1 atom stereocenters. The Balaban J connectivity index is 1.57. The van der Waals surface area contributed by atoms with Crippen molar-refractivity contribution in [1.82, 2.24) is 4.90 Å². The number of benzene rings is 2. The molecule has 144 valence electrons. The third kappa shape index (κ3) is 3.92. The van der Waals surface area contributed by atoms with Crippen molar-refractivity contribution in [3.8, 4) is 5.75 Å². The van der Waals surface area contributed by atoms with Crippen LogP contribution in [0.5, 0.6) is 5.75 Å². The average Bonchev–Trinajstić information content (AvgIpc) is 3.17. The number of fused-ring (bicyclic) bond motifs is 1. The summed E-state index contributed by atoms with van der Waals surface area (Å²) in [4.78, 5) is 16.5. The molecule has 2 heterocycles. The van der Waals surface area contributed by atoms with E-state index in [1.807, 2.05) is 18.2 Å². The molecule has 0 saturated heterocycles. The van der Waals surface area contributed by atoms with Gasteiger partial charge in [-0.2, -0.15) is 0 Å². The molecular formula is C22H21ClN2O2S. The molecule has 0 bridgehead atoms. The predicted molar refractivity (Wildman–Crippen MR) is 115 cm³/mol. The molecule has 1 aliphatic heterocycles. The molecule has 4 rings (SSSR count). The highest BCUT2D eigenvalue weighted by molar-refractivity contribution is 7.10. The van der Waals surface area contributed by atoms with Crippen LogP contribution in [-0.4, -0.2) is 31.0 Å². The second-order valence-electron chi connectivity index (χ2n) is 6.73. The summed E-state index contributed by atoms with van der Waals surface area (Å²) >= 11 is 7.88. The molecule has 0 saturated carbocycles. The fraction of sp³-hybridized carbons (Fsp3) is 0.227. The molecule has 1 aliphatic rings. The van der Waals surface area contributed by atoms with Gasteiger partial charge < -0.3 is 10.1 Å². The Kier molecular flexibility index (Phi) is 5.67. The van der Waals surface area contributed by atoms with Gasteiger partial charge >= 0.3 is 0 Å². The summed E-state index contributed by atoms with van der Waals surface area (Å²) in [5, 5.41) is 5.65. The van der Waals surface area contributed by atoms with Crippen LogP contribution in [0.4, 0.5) is 5.69 Å². The van der Waals surface area contributed by atoms with E-state index in [-0.39, 0.29) is 11.9 Å². The van der Waals surface area contributed by atoms with Gasteiger partial charge in [0.15, 0.2) is 0 Å². The Morgan fingerprint density at radius 1 is 1.25 bits per heavy atom. The lowest BCUT2D eigenvalue weighted by Crippen LogP contribution is -2.40. The van der Waals surface area contributed by atoms with Gasteiger partial charge in [-0.1, -0.05) is 41.9 Å². The molecule has 3 aromatic rings. The normalized spacial score (nSPS) is 16.4. The zero-order chi connectivity index (χ0) is 19.5. The second-order valence-corrected chi connectivity index (χ2v) is 8.16. The first-order valence-electron chi connectivity index (χ1n) is 9.14. The van der Waals surface area contributed by atoms with Crippen molar-refractivity contribution in [1.29, 1.82) is 0 Å². The fourth-order valence-electron chi connectivity index (χ4n) is 3.72. The summed E-state index contributed by atoms with van der Waals surface area (Å²) in [6.45, 7) is 1.14. The highest BCUT2D eigenvalue weighted by Gasteiger charge is 2.30. The van der Waals surface area contributed by atoms with Gasteiger partial charge in [-0.25, -0.2) is 0 Å². The number of hydrogen-bond acceptors (Lipinski definition) is 4. The van der Waals surface area contributed by atoms with E-state index in [9.17, 15) is 4.79 Å². The molecule has 2 aromatic carbocycles. The highest BCUT2D eigenvalue weighted by Crippen LogP contribution is 2.37. The Morgan fingerprint density at radius 2 is 2.07 bits per heavy atom. The van der Waals surface area contributed by atoms with Crippen molar-refractivity contribution in [2.75, 3.05) is 25.5 Å². The fourth-order valence-corrected chi connectivity index (χ4v) is 4.79. The first-order chi connectivity index (χ1) is 13.7. The monoisotopic (exact) mass is 412 g/mol. The molecule has 0 unspecified atom stereocenters. The van der Waals surface area contributed by atoms with Crippen LogP contribution in [0.15, 0.2) is 60.0 Å². The third-order valence-electron chi connectivity index (χ3n) is 4.96. The maximum atomic E-state index is 12.8. The molecule has 0 radical (unpaired) electrons. The van der Waals surface area contributed by atoms with Crippen LogP contribution < -0.4 is 10.1 Å². The number of ether oxygens (including phenoxy) is 1. The van der Waals surface area contributed by atoms with Crippen molar-refractivity contribution in [2.24, 2.45) is 0 Å². The molecular weight excluding hydrogens is 392 g/mol. The topological polar surface area (TPSA) is 41.6 Å². The number of thiophene rings is 1. The molecule has 1 aromatic heterocycles. The van der Waals surface area contributed by atoms with Crippen molar-refractivity contribution < 1.29 is 9.53 Å². The summed E-state index contributed by atoms with van der Waals surface area (Å²) < 4.78 is 5.33. The number of anilines is 1. The number of carbonyl (C=O) groups is 1. The summed E-state index contributed by atoms with van der Waals surface area (Å²) in [5.74, 6) is 0.510. The minimum Gasteiger partial charge on any atom is -0.495 e. The molecule has 0 aliphatic carbocycles. The van der Waals surface area contributed by atoms with E-state index < -0.39 is 0 Å². The van der Waals surface area contributed by atoms with E-state index in [0.717, 1.165) is 13.0 Å². The lowest BCUT2D eigenvalue weighted by atomic mass is 9.93. The van der Waals surface area contributed by atoms with Crippen LogP contribution in [0.25, 0.3) is 0 Å². The van der Waals surface area contributed by atoms with Crippen LogP contribution in [-0.2, 0) is 11.2 Å². The zero-order valence-electron chi connectivity index (χ0n) is 15.5. The highest BCUT2D eigenvalue weighted by atomic mass is 35.5. The first kappa shape index (κ1) is 19.0. The Labute approximate surface area is 173 Å². The third-order valence-corrected chi connectivity index (χ3v) is 6.19. The van der Waals surface area contributed by atoms with Crippen molar-refractivity contribution in [3.05, 3.63) is 81.0 Å². The minimum absolute atomic E-state index is 0.0832. The number of amides is 1. The van der Waals surface area contributed by atoms with Crippen LogP contribution in [0, 0.1) is 0 Å². The molecule has 0 fully saturated rings. The number of rotatable bonds is 5. The summed E-state index contributed by atoms with van der Waals surface area (Å²) in [6.07, 6.45) is 0.962. The number of nitrogens with one attached hydrogen (secondary N) is 1. The smallest absolute Gasteiger partial charge is 0.238 e. The minimum atomic E-state index is -0.0832. The molecule has 4 nitrogen and oxygen atoms in total. The summed E-state index contributed by atoms with van der Waals surface area (Å²) in [7, 11) is 1.58. The SMILES string of the molecule is COc1ccc(Cl)cc1NC(=O)CN1CCc2sccc2[C@@H]1c1ccccc1. The quantitative estimate of drug-likeness (QED) is 0.641. The van der Waals surface area contributed by atoms with Gasteiger partial charge in [-0.3, -0.25) is 9.69 Å². The maximum absolute atomic E-state index is 12.8. The van der Waals surface area contributed by atoms with E-state index in [1.165, 1.54) is 16.0 Å². The standard InChI is InChI=1S/C22H21ClN2O2S/c1-27-19-8-7-16(23)13-18(19)24-21(26)14-25-11-9-20-17(10-12-28-20)22(25)15-5-3-2-4-6-15/h2-8,10,12-13,22H,9,11,14H2,1H3,(H,24,26)/t22-/m0/s1. The van der Waals surface area contributed by atoms with E-state index in [2.05, 4.69) is 33.8 Å². The Bertz CT molecular complexity index is 974. The number of carbonyl (C=O) groups excluding carboxylic acids is 1. The van der Waals surface area contributed by atoms with Crippen LogP contribution in [0.1, 0.15) is 22.0 Å². The number of hydrogen-bond donors (Lipinski definition) is 1. The summed E-state index contributed by atoms with van der Waals surface area (Å²) in [5.41, 5.74) is 3.09. The summed E-state index contributed by atoms with van der Waals surface area (Å²) in [6, 6.07) is 17.8. The zero-order valence-corrected chi connectivity index (χ0v) is 17.1. The van der Waals surface area contributed by atoms with Crippen LogP contribution >= 0.6 is 22.9 Å². The molecule has 1 amide bonds. The number of halogens is 1. The van der Waals surface area contributed by atoms with Gasteiger partial charge in [0, 0.05) is 16.4 Å². The van der Waals surface area contributed by atoms with E-state index in [1.54, 1.807) is 36.6 Å². The van der Waals surface area contributed by atoms with E-state index >= 15 is 0 Å². The number of methoxy groups -OCH3 is 1. The van der Waals surface area contributed by atoms with Gasteiger partial charge in [0.1, 0.15) is 5.75 Å². The molecule has 28 heavy (non-hydrogen) atoms. The van der Waals surface area contributed by atoms with Gasteiger partial charge in [0.25, 0.3) is 0 Å². The molecule has 1 N–H and O–H groups in total. The van der Waals surface area contributed by atoms with E-state index in [0.29, 0.717) is 23.0 Å². The van der Waals surface area contributed by atoms with Gasteiger partial charge in [0.05, 0.1) is 25.4 Å². The second kappa shape index (κ2) is 8.35. The largest absolute Gasteiger partial charge is 0.495 e. The number of nitrogens with zero attached hydrogens (tertiary/aromatic N) is 1. The van der Waals surface area contributed by atoms with Crippen LogP contribution in [0.2, 0.25) is 5.02 Å². The van der Waals surface area contributed by atoms with Gasteiger partial charge in [0.2, 0.25) is 5.91 Å². The van der Waals surface area contributed by atoms with Crippen molar-refractivity contribution in [2.45, 2.75) is 12.5 Å². The van der Waals surface area contributed by atoms with E-state index in [4.69, 9.17) is 16.3 Å². The van der Waals surface area contributed by atoms with Crippen LogP contribution in [0.3, 0.4) is 0 Å². The van der Waals surface area contributed by atoms with Gasteiger partial charge in [-0.15, -0.1) is 11.3 Å². The Morgan fingerprint density at radius 3 is 2.86 bits per heavy atom. The van der Waals surface area contributed by atoms with Crippen molar-refractivity contribution in [3.63, 3.8) is 0 Å². The molecule has 0 spiro atoms. The average molecular weight is 413 g/mol. The lowest BCUT2D eigenvalue weighted by molar-refractivity contribution is -0.117. The molecule has 6 heteroatoms. The van der Waals surface area contributed by atoms with Gasteiger partial charge in [-0.05, 0) is 47.2 Å². The predicted octanol–water partition coefficient (Wildman–Crippen LogP) is 5.00. The maximum Gasteiger partial charge on any atom is 0.238 e. The lowest BCUT2D eigenvalue weighted by Gasteiger charge is -2.35. The van der Waals surface area contributed by atoms with Crippen molar-refractivity contribution >= 4 is 34.5 Å². The first-order valence-corrected chi connectivity index (χ1v) is 10.4.